The van der Waals surface area contributed by atoms with Crippen LogP contribution in [0, 0.1) is 0 Å². The van der Waals surface area contributed by atoms with Crippen LogP contribution in [-0.4, -0.2) is 25.0 Å². The summed E-state index contributed by atoms with van der Waals surface area (Å²) in [5, 5.41) is 11.9. The first kappa shape index (κ1) is 28.2. The van der Waals surface area contributed by atoms with E-state index < -0.39 is 0 Å². The van der Waals surface area contributed by atoms with Gasteiger partial charge in [-0.1, -0.05) is 108 Å². The molecule has 0 aliphatic rings. The molecule has 0 unspecified atom stereocenters. The molecule has 5 heteroatoms. The Morgan fingerprint density at radius 1 is 0.512 bits per heavy atom. The average Bonchev–Trinajstić information content (AvgIpc) is 3.00. The number of aromatic hydroxyl groups is 1. The molecule has 214 valence electrons. The number of benzene rings is 4. The van der Waals surface area contributed by atoms with E-state index in [1.807, 2.05) is 48.7 Å². The second-order valence-corrected chi connectivity index (χ2v) is 13.1. The first-order valence-corrected chi connectivity index (χ1v) is 14.6. The lowest BCUT2D eigenvalue weighted by molar-refractivity contribution is 0.481. The van der Waals surface area contributed by atoms with E-state index >= 15 is 0 Å². The van der Waals surface area contributed by atoms with E-state index in [1.165, 1.54) is 11.1 Å². The van der Waals surface area contributed by atoms with Crippen LogP contribution in [0.5, 0.6) is 5.75 Å². The number of hydrogen-bond acceptors (Lipinski definition) is 5. The van der Waals surface area contributed by atoms with Gasteiger partial charge in [-0.15, -0.1) is 0 Å². The van der Waals surface area contributed by atoms with Crippen molar-refractivity contribution in [2.24, 2.45) is 0 Å². The van der Waals surface area contributed by atoms with E-state index in [0.717, 1.165) is 38.7 Å². The summed E-state index contributed by atoms with van der Waals surface area (Å²) in [4.78, 5) is 19.5. The molecule has 6 rings (SSSR count). The molecule has 43 heavy (non-hydrogen) atoms. The molecule has 1 N–H and O–H groups in total. The highest BCUT2D eigenvalue weighted by atomic mass is 16.3. The molecule has 0 aliphatic carbocycles. The van der Waals surface area contributed by atoms with E-state index in [4.69, 9.17) is 19.9 Å². The van der Waals surface area contributed by atoms with Crippen molar-refractivity contribution in [3.63, 3.8) is 0 Å². The van der Waals surface area contributed by atoms with Crippen molar-refractivity contribution in [1.82, 2.24) is 19.9 Å². The Morgan fingerprint density at radius 3 is 1.49 bits per heavy atom. The molecule has 6 aromatic rings. The number of pyridine rings is 1. The number of phenolic OH excluding ortho intramolecular Hbond substituents is 1. The molecule has 2 aromatic heterocycles. The molecule has 0 atom stereocenters. The zero-order valence-electron chi connectivity index (χ0n) is 25.6. The van der Waals surface area contributed by atoms with Crippen LogP contribution in [0.15, 0.2) is 103 Å². The molecule has 0 amide bonds. The average molecular weight is 565 g/mol. The predicted molar refractivity (Wildman–Crippen MR) is 176 cm³/mol. The highest BCUT2D eigenvalue weighted by molar-refractivity contribution is 5.91. The molecular formula is C38H36N4O. The van der Waals surface area contributed by atoms with Crippen LogP contribution in [0.2, 0.25) is 0 Å². The molecule has 4 aromatic carbocycles. The minimum atomic E-state index is 0.0571. The van der Waals surface area contributed by atoms with Crippen molar-refractivity contribution < 1.29 is 5.11 Å². The molecule has 0 spiro atoms. The summed E-state index contributed by atoms with van der Waals surface area (Å²) in [6, 6.07) is 32.4. The van der Waals surface area contributed by atoms with Gasteiger partial charge in [0.15, 0.2) is 17.5 Å². The van der Waals surface area contributed by atoms with E-state index in [1.54, 1.807) is 6.07 Å². The van der Waals surface area contributed by atoms with Crippen molar-refractivity contribution in [3.8, 4) is 51.2 Å². The van der Waals surface area contributed by atoms with E-state index in [9.17, 15) is 5.11 Å². The summed E-state index contributed by atoms with van der Waals surface area (Å²) >= 11 is 0. The van der Waals surface area contributed by atoms with Crippen molar-refractivity contribution in [2.75, 3.05) is 0 Å². The summed E-state index contributed by atoms with van der Waals surface area (Å²) in [5.74, 6) is 2.09. The lowest BCUT2D eigenvalue weighted by Crippen LogP contribution is -2.10. The molecule has 0 fully saturated rings. The number of phenols is 1. The smallest absolute Gasteiger partial charge is 0.165 e. The van der Waals surface area contributed by atoms with E-state index in [2.05, 4.69) is 90.1 Å². The monoisotopic (exact) mass is 564 g/mol. The van der Waals surface area contributed by atoms with Gasteiger partial charge in [0.05, 0.1) is 5.69 Å². The summed E-state index contributed by atoms with van der Waals surface area (Å²) in [6.45, 7) is 13.3. The highest BCUT2D eigenvalue weighted by Crippen LogP contribution is 2.31. The van der Waals surface area contributed by atoms with Crippen LogP contribution in [0.1, 0.15) is 52.7 Å². The van der Waals surface area contributed by atoms with Gasteiger partial charge in [-0.25, -0.2) is 15.0 Å². The zero-order chi connectivity index (χ0) is 30.4. The normalized spacial score (nSPS) is 12.0. The Labute approximate surface area is 253 Å². The standard InChI is InChI=1S/C38H36N4O/c1-37(2,3)29-16-10-24(11-17-29)34-40-35(25-12-18-30(19-13-25)38(4,5)6)42-36(41-34)28-15-21-32(39-23-28)27-14-20-31-26(22-27)8-7-9-33(31)43/h7-23,43H,1-6H3. The number of hydrogen-bond donors (Lipinski definition) is 1. The summed E-state index contributed by atoms with van der Waals surface area (Å²) in [7, 11) is 0. The fourth-order valence-corrected chi connectivity index (χ4v) is 5.12. The summed E-state index contributed by atoms with van der Waals surface area (Å²) < 4.78 is 0. The molecule has 2 heterocycles. The Balaban J connectivity index is 1.41. The lowest BCUT2D eigenvalue weighted by atomic mass is 9.86. The number of fused-ring (bicyclic) bond motifs is 1. The van der Waals surface area contributed by atoms with Crippen molar-refractivity contribution >= 4 is 10.8 Å². The largest absolute Gasteiger partial charge is 0.507 e. The lowest BCUT2D eigenvalue weighted by Gasteiger charge is -2.19. The third-order valence-corrected chi connectivity index (χ3v) is 7.83. The second kappa shape index (κ2) is 10.7. The topological polar surface area (TPSA) is 71.8 Å². The molecule has 0 saturated heterocycles. The van der Waals surface area contributed by atoms with Crippen molar-refractivity contribution in [3.05, 3.63) is 114 Å². The fraction of sp³-hybridized carbons (Fsp3) is 0.211. The van der Waals surface area contributed by atoms with Gasteiger partial charge in [-0.2, -0.15) is 0 Å². The summed E-state index contributed by atoms with van der Waals surface area (Å²) in [5.41, 5.74) is 7.12. The minimum absolute atomic E-state index is 0.0571. The number of nitrogens with zero attached hydrogens (tertiary/aromatic N) is 4. The number of aromatic nitrogens is 4. The Hall–Kier alpha value is -4.90. The predicted octanol–water partition coefficient (Wildman–Crippen LogP) is 9.39. The Bertz CT molecular complexity index is 1840. The minimum Gasteiger partial charge on any atom is -0.507 e. The molecule has 5 nitrogen and oxygen atoms in total. The third-order valence-electron chi connectivity index (χ3n) is 7.83. The third kappa shape index (κ3) is 5.89. The number of rotatable bonds is 4. The molecule has 0 aliphatic heterocycles. The maximum Gasteiger partial charge on any atom is 0.165 e. The first-order valence-electron chi connectivity index (χ1n) is 14.6. The zero-order valence-corrected chi connectivity index (χ0v) is 25.6. The molecule has 0 bridgehead atoms. The molecule has 0 radical (unpaired) electrons. The van der Waals surface area contributed by atoms with Gasteiger partial charge in [-0.3, -0.25) is 4.98 Å². The second-order valence-electron chi connectivity index (χ2n) is 13.1. The Morgan fingerprint density at radius 2 is 1.00 bits per heavy atom. The van der Waals surface area contributed by atoms with Gasteiger partial charge in [0.2, 0.25) is 0 Å². The van der Waals surface area contributed by atoms with E-state index in [-0.39, 0.29) is 16.6 Å². The van der Waals surface area contributed by atoms with Gasteiger partial charge in [0, 0.05) is 33.8 Å². The van der Waals surface area contributed by atoms with Crippen LogP contribution in [0.4, 0.5) is 0 Å². The van der Waals surface area contributed by atoms with Crippen molar-refractivity contribution in [1.29, 1.82) is 0 Å². The van der Waals surface area contributed by atoms with Crippen LogP contribution in [0.3, 0.4) is 0 Å². The van der Waals surface area contributed by atoms with Crippen LogP contribution >= 0.6 is 0 Å². The maximum atomic E-state index is 10.2. The van der Waals surface area contributed by atoms with Crippen LogP contribution in [-0.2, 0) is 10.8 Å². The summed E-state index contributed by atoms with van der Waals surface area (Å²) in [6.07, 6.45) is 1.82. The van der Waals surface area contributed by atoms with Gasteiger partial charge < -0.3 is 5.11 Å². The van der Waals surface area contributed by atoms with Crippen molar-refractivity contribution in [2.45, 2.75) is 52.4 Å². The van der Waals surface area contributed by atoms with Gasteiger partial charge in [0.25, 0.3) is 0 Å². The van der Waals surface area contributed by atoms with Gasteiger partial charge >= 0.3 is 0 Å². The van der Waals surface area contributed by atoms with Crippen LogP contribution < -0.4 is 0 Å². The molecular weight excluding hydrogens is 528 g/mol. The van der Waals surface area contributed by atoms with Crippen LogP contribution in [0.25, 0.3) is 56.2 Å². The molecule has 0 saturated carbocycles. The van der Waals surface area contributed by atoms with E-state index in [0.29, 0.717) is 17.5 Å². The van der Waals surface area contributed by atoms with Gasteiger partial charge in [0.1, 0.15) is 5.75 Å². The quantitative estimate of drug-likeness (QED) is 0.231. The SMILES string of the molecule is CC(C)(C)c1ccc(-c2nc(-c3ccc(C(C)(C)C)cc3)nc(-c3ccc(-c4ccc5c(O)cccc5c4)nc3)n2)cc1. The maximum absolute atomic E-state index is 10.2. The first-order chi connectivity index (χ1) is 20.5. The van der Waals surface area contributed by atoms with Gasteiger partial charge in [-0.05, 0) is 57.7 Å². The Kier molecular flexibility index (Phi) is 7.05. The highest BCUT2D eigenvalue weighted by Gasteiger charge is 2.17. The fourth-order valence-electron chi connectivity index (χ4n) is 5.12.